The zero-order chi connectivity index (χ0) is 15.0. The molecular formula is C15H11Cl3O3. The fraction of sp³-hybridized carbons (Fsp3) is 0.200. The van der Waals surface area contributed by atoms with Crippen LogP contribution in [0.25, 0.3) is 0 Å². The van der Waals surface area contributed by atoms with E-state index in [0.29, 0.717) is 50.9 Å². The van der Waals surface area contributed by atoms with Gasteiger partial charge in [-0.2, -0.15) is 0 Å². The first kappa shape index (κ1) is 14.8. The molecule has 1 unspecified atom stereocenters. The molecule has 1 atom stereocenters. The van der Waals surface area contributed by atoms with Gasteiger partial charge in [0.05, 0.1) is 5.02 Å². The summed E-state index contributed by atoms with van der Waals surface area (Å²) in [6.07, 6.45) is -0.954. The second kappa shape index (κ2) is 5.93. The van der Waals surface area contributed by atoms with Crippen molar-refractivity contribution in [2.75, 3.05) is 13.2 Å². The highest BCUT2D eigenvalue weighted by Crippen LogP contribution is 2.41. The summed E-state index contributed by atoms with van der Waals surface area (Å²) in [6, 6.07) is 8.26. The van der Waals surface area contributed by atoms with E-state index in [-0.39, 0.29) is 0 Å². The summed E-state index contributed by atoms with van der Waals surface area (Å²) in [5, 5.41) is 11.8. The molecule has 6 heteroatoms. The predicted octanol–water partition coefficient (Wildman–Crippen LogP) is 4.50. The van der Waals surface area contributed by atoms with Crippen LogP contribution < -0.4 is 9.47 Å². The molecule has 1 N–H and O–H groups in total. The van der Waals surface area contributed by atoms with Gasteiger partial charge in [0.1, 0.15) is 19.3 Å². The van der Waals surface area contributed by atoms with Gasteiger partial charge in [0.15, 0.2) is 11.5 Å². The monoisotopic (exact) mass is 344 g/mol. The Hall–Kier alpha value is -1.13. The Morgan fingerprint density at radius 1 is 0.952 bits per heavy atom. The van der Waals surface area contributed by atoms with Crippen LogP contribution in [0.2, 0.25) is 15.1 Å². The molecule has 0 bridgehead atoms. The zero-order valence-corrected chi connectivity index (χ0v) is 13.0. The lowest BCUT2D eigenvalue weighted by atomic mass is 10.0. The van der Waals surface area contributed by atoms with Crippen molar-refractivity contribution in [2.24, 2.45) is 0 Å². The third-order valence-electron chi connectivity index (χ3n) is 3.19. The number of aliphatic hydroxyl groups excluding tert-OH is 1. The molecule has 0 fully saturated rings. The molecule has 2 aromatic carbocycles. The van der Waals surface area contributed by atoms with Crippen molar-refractivity contribution >= 4 is 34.8 Å². The number of hydrogen-bond acceptors (Lipinski definition) is 3. The van der Waals surface area contributed by atoms with Crippen LogP contribution in [0.15, 0.2) is 30.3 Å². The van der Waals surface area contributed by atoms with Gasteiger partial charge in [-0.15, -0.1) is 0 Å². The Morgan fingerprint density at radius 2 is 1.71 bits per heavy atom. The van der Waals surface area contributed by atoms with Gasteiger partial charge in [-0.05, 0) is 35.9 Å². The van der Waals surface area contributed by atoms with Gasteiger partial charge in [0.25, 0.3) is 0 Å². The van der Waals surface area contributed by atoms with Gasteiger partial charge < -0.3 is 14.6 Å². The van der Waals surface area contributed by atoms with Crippen molar-refractivity contribution in [1.82, 2.24) is 0 Å². The third-order valence-corrected chi connectivity index (χ3v) is 4.05. The van der Waals surface area contributed by atoms with Gasteiger partial charge in [0, 0.05) is 15.6 Å². The van der Waals surface area contributed by atoms with Crippen molar-refractivity contribution in [2.45, 2.75) is 6.10 Å². The average Bonchev–Trinajstić information content (AvgIpc) is 2.49. The Labute approximate surface area is 137 Å². The molecule has 110 valence electrons. The SMILES string of the molecule is OC(c1cc(Cl)c2c(c1)OCCO2)c1cc(Cl)ccc1Cl. The molecule has 0 amide bonds. The molecule has 3 nitrogen and oxygen atoms in total. The molecule has 0 radical (unpaired) electrons. The highest BCUT2D eigenvalue weighted by atomic mass is 35.5. The average molecular weight is 346 g/mol. The maximum Gasteiger partial charge on any atom is 0.179 e. The number of ether oxygens (including phenoxy) is 2. The summed E-state index contributed by atoms with van der Waals surface area (Å²) < 4.78 is 11.0. The van der Waals surface area contributed by atoms with Crippen LogP contribution in [0.3, 0.4) is 0 Å². The number of halogens is 3. The standard InChI is InChI=1S/C15H11Cl3O3/c16-9-1-2-11(17)10(7-9)14(19)8-5-12(18)15-13(6-8)20-3-4-21-15/h1-2,5-7,14,19H,3-4H2. The lowest BCUT2D eigenvalue weighted by Gasteiger charge is -2.22. The van der Waals surface area contributed by atoms with Crippen molar-refractivity contribution < 1.29 is 14.6 Å². The Kier molecular flexibility index (Phi) is 4.18. The summed E-state index contributed by atoms with van der Waals surface area (Å²) >= 11 is 18.2. The van der Waals surface area contributed by atoms with Crippen LogP contribution >= 0.6 is 34.8 Å². The summed E-state index contributed by atoms with van der Waals surface area (Å²) in [4.78, 5) is 0. The quantitative estimate of drug-likeness (QED) is 0.871. The summed E-state index contributed by atoms with van der Waals surface area (Å²) in [6.45, 7) is 0.898. The molecule has 1 aliphatic rings. The van der Waals surface area contributed by atoms with E-state index in [9.17, 15) is 5.11 Å². The first-order valence-corrected chi connectivity index (χ1v) is 7.41. The molecule has 21 heavy (non-hydrogen) atoms. The fourth-order valence-electron chi connectivity index (χ4n) is 2.19. The largest absolute Gasteiger partial charge is 0.486 e. The highest BCUT2D eigenvalue weighted by molar-refractivity contribution is 6.33. The first-order chi connectivity index (χ1) is 10.1. The van der Waals surface area contributed by atoms with E-state index in [2.05, 4.69) is 0 Å². The maximum absolute atomic E-state index is 10.5. The Morgan fingerprint density at radius 3 is 2.52 bits per heavy atom. The van der Waals surface area contributed by atoms with E-state index < -0.39 is 6.10 Å². The lowest BCUT2D eigenvalue weighted by molar-refractivity contribution is 0.170. The van der Waals surface area contributed by atoms with Gasteiger partial charge in [0.2, 0.25) is 0 Å². The van der Waals surface area contributed by atoms with Gasteiger partial charge in [-0.3, -0.25) is 0 Å². The topological polar surface area (TPSA) is 38.7 Å². The number of hydrogen-bond donors (Lipinski definition) is 1. The van der Waals surface area contributed by atoms with Crippen LogP contribution in [0.4, 0.5) is 0 Å². The molecular weight excluding hydrogens is 335 g/mol. The first-order valence-electron chi connectivity index (χ1n) is 6.28. The molecule has 0 spiro atoms. The third kappa shape index (κ3) is 2.92. The summed E-state index contributed by atoms with van der Waals surface area (Å²) in [5.41, 5.74) is 1.07. The number of benzene rings is 2. The van der Waals surface area contributed by atoms with Crippen molar-refractivity contribution in [3.05, 3.63) is 56.5 Å². The van der Waals surface area contributed by atoms with Crippen LogP contribution in [-0.2, 0) is 0 Å². The smallest absolute Gasteiger partial charge is 0.179 e. The van der Waals surface area contributed by atoms with Gasteiger partial charge in [-0.25, -0.2) is 0 Å². The Balaban J connectivity index is 2.03. The van der Waals surface area contributed by atoms with E-state index in [1.807, 2.05) is 0 Å². The Bertz CT molecular complexity index is 688. The predicted molar refractivity (Wildman–Crippen MR) is 83.0 cm³/mol. The molecule has 1 heterocycles. The van der Waals surface area contributed by atoms with E-state index >= 15 is 0 Å². The highest BCUT2D eigenvalue weighted by Gasteiger charge is 2.21. The van der Waals surface area contributed by atoms with Crippen LogP contribution in [-0.4, -0.2) is 18.3 Å². The van der Waals surface area contributed by atoms with Gasteiger partial charge in [-0.1, -0.05) is 34.8 Å². The van der Waals surface area contributed by atoms with Crippen molar-refractivity contribution in [3.8, 4) is 11.5 Å². The summed E-state index contributed by atoms with van der Waals surface area (Å²) in [7, 11) is 0. The van der Waals surface area contributed by atoms with E-state index in [1.54, 1.807) is 30.3 Å². The van der Waals surface area contributed by atoms with Crippen LogP contribution in [0, 0.1) is 0 Å². The van der Waals surface area contributed by atoms with Crippen LogP contribution in [0.5, 0.6) is 11.5 Å². The van der Waals surface area contributed by atoms with E-state index in [0.717, 1.165) is 0 Å². The molecule has 0 aromatic heterocycles. The van der Waals surface area contributed by atoms with Crippen LogP contribution in [0.1, 0.15) is 17.2 Å². The molecule has 1 aliphatic heterocycles. The minimum absolute atomic E-state index is 0.388. The number of aliphatic hydroxyl groups is 1. The second-order valence-corrected chi connectivity index (χ2v) is 5.85. The molecule has 2 aromatic rings. The molecule has 0 aliphatic carbocycles. The van der Waals surface area contributed by atoms with E-state index in [1.165, 1.54) is 0 Å². The summed E-state index contributed by atoms with van der Waals surface area (Å²) in [5.74, 6) is 1.01. The molecule has 0 saturated heterocycles. The zero-order valence-electron chi connectivity index (χ0n) is 10.8. The number of fused-ring (bicyclic) bond motifs is 1. The molecule has 3 rings (SSSR count). The van der Waals surface area contributed by atoms with E-state index in [4.69, 9.17) is 44.3 Å². The lowest BCUT2D eigenvalue weighted by Crippen LogP contribution is -2.16. The van der Waals surface area contributed by atoms with Gasteiger partial charge >= 0.3 is 0 Å². The minimum Gasteiger partial charge on any atom is -0.486 e. The minimum atomic E-state index is -0.954. The maximum atomic E-state index is 10.5. The van der Waals surface area contributed by atoms with Crippen molar-refractivity contribution in [1.29, 1.82) is 0 Å². The number of rotatable bonds is 2. The normalized spacial score (nSPS) is 14.9. The van der Waals surface area contributed by atoms with Crippen molar-refractivity contribution in [3.63, 3.8) is 0 Å². The fourth-order valence-corrected chi connectivity index (χ4v) is 2.87. The second-order valence-electron chi connectivity index (χ2n) is 4.60. The molecule has 0 saturated carbocycles.